The summed E-state index contributed by atoms with van der Waals surface area (Å²) < 4.78 is 16.7. The molecule has 0 atom stereocenters. The van der Waals surface area contributed by atoms with Gasteiger partial charge in [-0.25, -0.2) is 0 Å². The van der Waals surface area contributed by atoms with Crippen LogP contribution in [-0.4, -0.2) is 26.7 Å². The summed E-state index contributed by atoms with van der Waals surface area (Å²) in [5.41, 5.74) is 2.42. The molecule has 0 bridgehead atoms. The van der Waals surface area contributed by atoms with Crippen molar-refractivity contribution in [3.63, 3.8) is 0 Å². The summed E-state index contributed by atoms with van der Waals surface area (Å²) in [7, 11) is 0. The molecule has 0 amide bonds. The Labute approximate surface area is 146 Å². The van der Waals surface area contributed by atoms with Gasteiger partial charge in [-0.15, -0.1) is 0 Å². The lowest BCUT2D eigenvalue weighted by Gasteiger charge is -2.13. The smallest absolute Gasteiger partial charge is 0.264 e. The first-order valence-electron chi connectivity index (χ1n) is 8.20. The molecule has 3 rings (SSSR count). The van der Waals surface area contributed by atoms with Crippen LogP contribution in [0.1, 0.15) is 31.3 Å². The Morgan fingerprint density at radius 1 is 1.08 bits per heavy atom. The fourth-order valence-corrected chi connectivity index (χ4v) is 2.38. The SMILES string of the molecule is CCOc1ccc(-c2nccnc2C)c(OCc2nc(CC)no2)c1. The van der Waals surface area contributed by atoms with E-state index >= 15 is 0 Å². The molecule has 0 aliphatic heterocycles. The molecule has 25 heavy (non-hydrogen) atoms. The number of rotatable bonds is 7. The Hall–Kier alpha value is -2.96. The fourth-order valence-electron chi connectivity index (χ4n) is 2.38. The summed E-state index contributed by atoms with van der Waals surface area (Å²) in [5, 5.41) is 3.88. The number of ether oxygens (including phenoxy) is 2. The van der Waals surface area contributed by atoms with Gasteiger partial charge < -0.3 is 14.0 Å². The maximum Gasteiger partial charge on any atom is 0.264 e. The molecule has 2 heterocycles. The summed E-state index contributed by atoms with van der Waals surface area (Å²) in [5.74, 6) is 2.44. The van der Waals surface area contributed by atoms with E-state index in [4.69, 9.17) is 14.0 Å². The van der Waals surface area contributed by atoms with Crippen LogP contribution in [0.3, 0.4) is 0 Å². The maximum absolute atomic E-state index is 5.93. The Balaban J connectivity index is 1.91. The van der Waals surface area contributed by atoms with Crippen molar-refractivity contribution in [2.75, 3.05) is 6.61 Å². The summed E-state index contributed by atoms with van der Waals surface area (Å²) in [6.07, 6.45) is 4.04. The van der Waals surface area contributed by atoms with Crippen LogP contribution >= 0.6 is 0 Å². The Kier molecular flexibility index (Phi) is 5.23. The molecule has 2 aromatic heterocycles. The van der Waals surface area contributed by atoms with Gasteiger partial charge in [-0.3, -0.25) is 9.97 Å². The highest BCUT2D eigenvalue weighted by Crippen LogP contribution is 2.34. The molecule has 0 aliphatic carbocycles. The van der Waals surface area contributed by atoms with Crippen LogP contribution in [-0.2, 0) is 13.0 Å². The van der Waals surface area contributed by atoms with E-state index in [1.165, 1.54) is 0 Å². The second-order valence-corrected chi connectivity index (χ2v) is 5.33. The van der Waals surface area contributed by atoms with Crippen molar-refractivity contribution in [1.82, 2.24) is 20.1 Å². The molecule has 1 aromatic carbocycles. The zero-order valence-electron chi connectivity index (χ0n) is 14.5. The lowest BCUT2D eigenvalue weighted by atomic mass is 10.1. The van der Waals surface area contributed by atoms with Crippen LogP contribution in [0.25, 0.3) is 11.3 Å². The normalized spacial score (nSPS) is 10.7. The Bertz CT molecular complexity index is 848. The first kappa shape index (κ1) is 16.9. The maximum atomic E-state index is 5.93. The minimum atomic E-state index is 0.175. The van der Waals surface area contributed by atoms with Gasteiger partial charge in [-0.2, -0.15) is 4.98 Å². The third-order valence-electron chi connectivity index (χ3n) is 3.58. The fraction of sp³-hybridized carbons (Fsp3) is 0.333. The van der Waals surface area contributed by atoms with E-state index in [0.717, 1.165) is 22.7 Å². The van der Waals surface area contributed by atoms with Crippen molar-refractivity contribution in [3.05, 3.63) is 48.0 Å². The zero-order chi connectivity index (χ0) is 17.6. The van der Waals surface area contributed by atoms with Crippen molar-refractivity contribution in [2.24, 2.45) is 0 Å². The molecule has 0 radical (unpaired) electrons. The van der Waals surface area contributed by atoms with Crippen LogP contribution in [0.4, 0.5) is 0 Å². The molecule has 0 unspecified atom stereocenters. The van der Waals surface area contributed by atoms with Crippen molar-refractivity contribution in [3.8, 4) is 22.8 Å². The molecule has 3 aromatic rings. The Morgan fingerprint density at radius 2 is 1.92 bits per heavy atom. The largest absolute Gasteiger partial charge is 0.494 e. The average Bonchev–Trinajstić information content (AvgIpc) is 3.09. The molecular weight excluding hydrogens is 320 g/mol. The van der Waals surface area contributed by atoms with Crippen molar-refractivity contribution in [2.45, 2.75) is 33.8 Å². The van der Waals surface area contributed by atoms with E-state index in [0.29, 0.717) is 30.5 Å². The number of benzene rings is 1. The molecule has 0 fully saturated rings. The zero-order valence-corrected chi connectivity index (χ0v) is 14.5. The highest BCUT2D eigenvalue weighted by molar-refractivity contribution is 5.70. The first-order valence-corrected chi connectivity index (χ1v) is 8.20. The van der Waals surface area contributed by atoms with Crippen molar-refractivity contribution in [1.29, 1.82) is 0 Å². The molecule has 7 nitrogen and oxygen atoms in total. The van der Waals surface area contributed by atoms with E-state index < -0.39 is 0 Å². The predicted molar refractivity (Wildman–Crippen MR) is 91.4 cm³/mol. The number of nitrogens with zero attached hydrogens (tertiary/aromatic N) is 4. The van der Waals surface area contributed by atoms with Crippen LogP contribution in [0, 0.1) is 6.92 Å². The van der Waals surface area contributed by atoms with Gasteiger partial charge in [0.1, 0.15) is 11.5 Å². The van der Waals surface area contributed by atoms with Crippen LogP contribution in [0.15, 0.2) is 35.1 Å². The third kappa shape index (κ3) is 3.93. The minimum Gasteiger partial charge on any atom is -0.494 e. The lowest BCUT2D eigenvalue weighted by Crippen LogP contribution is -2.01. The standard InChI is InChI=1S/C18H20N4O3/c1-4-16-21-17(25-22-16)11-24-15-10-13(23-5-2)6-7-14(15)18-12(3)19-8-9-20-18/h6-10H,4-5,11H2,1-3H3. The van der Waals surface area contributed by atoms with E-state index in [2.05, 4.69) is 20.1 Å². The van der Waals surface area contributed by atoms with Gasteiger partial charge in [0.25, 0.3) is 5.89 Å². The van der Waals surface area contributed by atoms with Crippen LogP contribution in [0.2, 0.25) is 0 Å². The first-order chi connectivity index (χ1) is 12.2. The van der Waals surface area contributed by atoms with Crippen molar-refractivity contribution >= 4 is 0 Å². The molecular formula is C18H20N4O3. The van der Waals surface area contributed by atoms with Crippen LogP contribution in [0.5, 0.6) is 11.5 Å². The third-order valence-corrected chi connectivity index (χ3v) is 3.58. The van der Waals surface area contributed by atoms with Gasteiger partial charge in [0, 0.05) is 30.4 Å². The second-order valence-electron chi connectivity index (χ2n) is 5.33. The Morgan fingerprint density at radius 3 is 2.64 bits per heavy atom. The van der Waals surface area contributed by atoms with E-state index in [1.807, 2.05) is 39.0 Å². The molecule has 130 valence electrons. The summed E-state index contributed by atoms with van der Waals surface area (Å²) in [6, 6.07) is 5.65. The van der Waals surface area contributed by atoms with Gasteiger partial charge >= 0.3 is 0 Å². The highest BCUT2D eigenvalue weighted by Gasteiger charge is 2.14. The van der Waals surface area contributed by atoms with Gasteiger partial charge in [0.05, 0.1) is 18.0 Å². The van der Waals surface area contributed by atoms with Gasteiger partial charge in [-0.05, 0) is 26.0 Å². The second kappa shape index (κ2) is 7.74. The van der Waals surface area contributed by atoms with Crippen molar-refractivity contribution < 1.29 is 14.0 Å². The number of aryl methyl sites for hydroxylation is 2. The lowest BCUT2D eigenvalue weighted by molar-refractivity contribution is 0.241. The number of hydrogen-bond donors (Lipinski definition) is 0. The van der Waals surface area contributed by atoms with Gasteiger partial charge in [0.15, 0.2) is 12.4 Å². The van der Waals surface area contributed by atoms with Crippen LogP contribution < -0.4 is 9.47 Å². The average molecular weight is 340 g/mol. The molecule has 0 spiro atoms. The molecule has 7 heteroatoms. The monoisotopic (exact) mass is 340 g/mol. The van der Waals surface area contributed by atoms with E-state index in [-0.39, 0.29) is 6.61 Å². The van der Waals surface area contributed by atoms with Gasteiger partial charge in [0.2, 0.25) is 0 Å². The molecule has 0 N–H and O–H groups in total. The minimum absolute atomic E-state index is 0.175. The van der Waals surface area contributed by atoms with E-state index in [1.54, 1.807) is 12.4 Å². The van der Waals surface area contributed by atoms with E-state index in [9.17, 15) is 0 Å². The molecule has 0 aliphatic rings. The number of aromatic nitrogens is 4. The quantitative estimate of drug-likeness (QED) is 0.652. The van der Waals surface area contributed by atoms with Gasteiger partial charge in [-0.1, -0.05) is 12.1 Å². The predicted octanol–water partition coefficient (Wildman–Crippen LogP) is 3.38. The summed E-state index contributed by atoms with van der Waals surface area (Å²) >= 11 is 0. The summed E-state index contributed by atoms with van der Waals surface area (Å²) in [6.45, 7) is 6.57. The summed E-state index contributed by atoms with van der Waals surface area (Å²) in [4.78, 5) is 13.0. The highest BCUT2D eigenvalue weighted by atomic mass is 16.5. The topological polar surface area (TPSA) is 83.2 Å². The molecule has 0 saturated carbocycles. The molecule has 0 saturated heterocycles. The number of hydrogen-bond acceptors (Lipinski definition) is 7.